The molecule has 1 atom stereocenters. The summed E-state index contributed by atoms with van der Waals surface area (Å²) in [7, 11) is 0. The van der Waals surface area contributed by atoms with Gasteiger partial charge in [-0.25, -0.2) is 0 Å². The lowest BCUT2D eigenvalue weighted by atomic mass is 9.77. The van der Waals surface area contributed by atoms with E-state index in [-0.39, 0.29) is 5.91 Å². The summed E-state index contributed by atoms with van der Waals surface area (Å²) in [5.74, 6) is 1.67. The first-order chi connectivity index (χ1) is 8.45. The normalized spacial score (nSPS) is 22.1. The Labute approximate surface area is 117 Å². The Morgan fingerprint density at radius 3 is 2.67 bits per heavy atom. The maximum Gasteiger partial charge on any atom is 0.222 e. The number of rotatable bonds is 5. The van der Waals surface area contributed by atoms with Crippen LogP contribution in [-0.4, -0.2) is 42.9 Å². The third-order valence-electron chi connectivity index (χ3n) is 3.77. The molecule has 0 saturated carbocycles. The minimum atomic E-state index is 0.288. The first kappa shape index (κ1) is 15.8. The van der Waals surface area contributed by atoms with Crippen LogP contribution in [0, 0.1) is 11.3 Å². The van der Waals surface area contributed by atoms with Crippen LogP contribution in [0.25, 0.3) is 0 Å². The molecule has 1 aliphatic heterocycles. The number of carbonyl (C=O) groups is 1. The summed E-state index contributed by atoms with van der Waals surface area (Å²) < 4.78 is 5.40. The fourth-order valence-electron chi connectivity index (χ4n) is 2.48. The first-order valence-electron chi connectivity index (χ1n) is 6.91. The molecule has 0 radical (unpaired) electrons. The van der Waals surface area contributed by atoms with E-state index in [1.165, 1.54) is 0 Å². The molecular weight excluding hydrogens is 246 g/mol. The lowest BCUT2D eigenvalue weighted by Crippen LogP contribution is -2.33. The maximum absolute atomic E-state index is 12.0. The zero-order chi connectivity index (χ0) is 13.6. The molecule has 1 amide bonds. The molecule has 0 N–H and O–H groups in total. The van der Waals surface area contributed by atoms with Gasteiger partial charge in [0.15, 0.2) is 0 Å². The summed E-state index contributed by atoms with van der Waals surface area (Å²) in [6, 6.07) is 0. The number of nitrogens with zero attached hydrogens (tertiary/aromatic N) is 1. The van der Waals surface area contributed by atoms with Crippen molar-refractivity contribution in [2.24, 2.45) is 11.3 Å². The molecule has 0 spiro atoms. The van der Waals surface area contributed by atoms with Crippen LogP contribution in [0.4, 0.5) is 0 Å². The van der Waals surface area contributed by atoms with Gasteiger partial charge in [-0.1, -0.05) is 20.8 Å². The molecule has 1 rings (SSSR count). The molecule has 18 heavy (non-hydrogen) atoms. The van der Waals surface area contributed by atoms with Crippen LogP contribution in [0.2, 0.25) is 0 Å². The van der Waals surface area contributed by atoms with Gasteiger partial charge in [-0.05, 0) is 24.2 Å². The van der Waals surface area contributed by atoms with Crippen LogP contribution in [0.5, 0.6) is 0 Å². The largest absolute Gasteiger partial charge is 0.379 e. The molecule has 1 aliphatic rings. The van der Waals surface area contributed by atoms with E-state index in [9.17, 15) is 4.79 Å². The average molecular weight is 273 g/mol. The quantitative estimate of drug-likeness (QED) is 0.616. The summed E-state index contributed by atoms with van der Waals surface area (Å²) in [5, 5.41) is 0. The van der Waals surface area contributed by atoms with Crippen molar-refractivity contribution in [3.8, 4) is 0 Å². The second kappa shape index (κ2) is 7.39. The molecule has 3 nitrogen and oxygen atoms in total. The molecule has 0 bridgehead atoms. The molecule has 1 heterocycles. The van der Waals surface area contributed by atoms with E-state index in [4.69, 9.17) is 4.74 Å². The van der Waals surface area contributed by atoms with Crippen molar-refractivity contribution in [1.82, 2.24) is 4.90 Å². The topological polar surface area (TPSA) is 29.5 Å². The molecular formula is C14H27NO2S. The predicted octanol–water partition coefficient (Wildman–Crippen LogP) is 2.61. The van der Waals surface area contributed by atoms with E-state index < -0.39 is 0 Å². The van der Waals surface area contributed by atoms with Gasteiger partial charge >= 0.3 is 0 Å². The predicted molar refractivity (Wildman–Crippen MR) is 78.0 cm³/mol. The smallest absolute Gasteiger partial charge is 0.222 e. The van der Waals surface area contributed by atoms with Crippen molar-refractivity contribution in [2.75, 3.05) is 32.1 Å². The molecule has 0 aromatic carbocycles. The Balaban J connectivity index is 2.39. The third-order valence-corrected chi connectivity index (χ3v) is 3.96. The molecule has 0 aromatic rings. The fraction of sp³-hybridized carbons (Fsp3) is 0.929. The SMILES string of the molecule is CC(C)(C)C1CCC(=O)N(CCOCCS)CC1. The van der Waals surface area contributed by atoms with E-state index >= 15 is 0 Å². The van der Waals surface area contributed by atoms with Crippen molar-refractivity contribution in [3.63, 3.8) is 0 Å². The van der Waals surface area contributed by atoms with Crippen LogP contribution < -0.4 is 0 Å². The highest BCUT2D eigenvalue weighted by Crippen LogP contribution is 2.34. The molecule has 1 unspecified atom stereocenters. The Bertz CT molecular complexity index is 263. The van der Waals surface area contributed by atoms with Gasteiger partial charge in [-0.2, -0.15) is 12.6 Å². The van der Waals surface area contributed by atoms with E-state index in [1.54, 1.807) is 0 Å². The summed E-state index contributed by atoms with van der Waals surface area (Å²) in [4.78, 5) is 14.0. The minimum absolute atomic E-state index is 0.288. The number of amides is 1. The summed E-state index contributed by atoms with van der Waals surface area (Å²) in [6.07, 6.45) is 2.83. The van der Waals surface area contributed by atoms with Gasteiger partial charge in [0, 0.05) is 25.3 Å². The van der Waals surface area contributed by atoms with Gasteiger partial charge in [0.1, 0.15) is 0 Å². The number of ether oxygens (including phenoxy) is 1. The zero-order valence-electron chi connectivity index (χ0n) is 11.9. The number of thiol groups is 1. The van der Waals surface area contributed by atoms with E-state index in [1.807, 2.05) is 4.90 Å². The summed E-state index contributed by atoms with van der Waals surface area (Å²) in [5.41, 5.74) is 0.304. The van der Waals surface area contributed by atoms with Gasteiger partial charge < -0.3 is 9.64 Å². The van der Waals surface area contributed by atoms with Crippen molar-refractivity contribution in [1.29, 1.82) is 0 Å². The maximum atomic E-state index is 12.0. The summed E-state index contributed by atoms with van der Waals surface area (Å²) >= 11 is 4.09. The van der Waals surface area contributed by atoms with Crippen molar-refractivity contribution in [3.05, 3.63) is 0 Å². The van der Waals surface area contributed by atoms with Gasteiger partial charge in [-0.15, -0.1) is 0 Å². The van der Waals surface area contributed by atoms with Crippen LogP contribution in [-0.2, 0) is 9.53 Å². The Morgan fingerprint density at radius 1 is 1.33 bits per heavy atom. The molecule has 4 heteroatoms. The van der Waals surface area contributed by atoms with E-state index in [0.717, 1.165) is 31.7 Å². The lowest BCUT2D eigenvalue weighted by Gasteiger charge is -2.29. The Hall–Kier alpha value is -0.220. The molecule has 0 aliphatic carbocycles. The monoisotopic (exact) mass is 273 g/mol. The minimum Gasteiger partial charge on any atom is -0.379 e. The van der Waals surface area contributed by atoms with Crippen LogP contribution >= 0.6 is 12.6 Å². The Morgan fingerprint density at radius 2 is 2.06 bits per heavy atom. The zero-order valence-corrected chi connectivity index (χ0v) is 12.8. The number of carbonyl (C=O) groups excluding carboxylic acids is 1. The van der Waals surface area contributed by atoms with Crippen molar-refractivity contribution >= 4 is 18.5 Å². The van der Waals surface area contributed by atoms with Gasteiger partial charge in [0.2, 0.25) is 5.91 Å². The number of hydrogen-bond acceptors (Lipinski definition) is 3. The lowest BCUT2D eigenvalue weighted by molar-refractivity contribution is -0.131. The van der Waals surface area contributed by atoms with E-state index in [2.05, 4.69) is 33.4 Å². The molecule has 0 aromatic heterocycles. The average Bonchev–Trinajstić information content (AvgIpc) is 2.47. The second-order valence-corrected chi connectivity index (χ2v) is 6.55. The second-order valence-electron chi connectivity index (χ2n) is 6.11. The third kappa shape index (κ3) is 5.19. The first-order valence-corrected chi connectivity index (χ1v) is 7.54. The molecule has 106 valence electrons. The molecule has 1 fully saturated rings. The van der Waals surface area contributed by atoms with Gasteiger partial charge in [0.05, 0.1) is 13.2 Å². The highest BCUT2D eigenvalue weighted by Gasteiger charge is 2.29. The Kier molecular flexibility index (Phi) is 6.50. The highest BCUT2D eigenvalue weighted by molar-refractivity contribution is 7.80. The standard InChI is InChI=1S/C14H27NO2S/c1-14(2,3)12-4-5-13(16)15(7-6-12)8-9-17-10-11-18/h12,18H,4-11H2,1-3H3. The van der Waals surface area contributed by atoms with Gasteiger partial charge in [-0.3, -0.25) is 4.79 Å². The fourth-order valence-corrected chi connectivity index (χ4v) is 2.61. The highest BCUT2D eigenvalue weighted by atomic mass is 32.1. The van der Waals surface area contributed by atoms with Crippen LogP contribution in [0.15, 0.2) is 0 Å². The van der Waals surface area contributed by atoms with Crippen LogP contribution in [0.1, 0.15) is 40.0 Å². The number of likely N-dealkylation sites (tertiary alicyclic amines) is 1. The van der Waals surface area contributed by atoms with Crippen molar-refractivity contribution in [2.45, 2.75) is 40.0 Å². The molecule has 1 saturated heterocycles. The van der Waals surface area contributed by atoms with Crippen molar-refractivity contribution < 1.29 is 9.53 Å². The number of hydrogen-bond donors (Lipinski definition) is 1. The van der Waals surface area contributed by atoms with Gasteiger partial charge in [0.25, 0.3) is 0 Å². The van der Waals surface area contributed by atoms with E-state index in [0.29, 0.717) is 31.0 Å². The summed E-state index contributed by atoms with van der Waals surface area (Å²) in [6.45, 7) is 9.71. The van der Waals surface area contributed by atoms with Crippen LogP contribution in [0.3, 0.4) is 0 Å².